The molecule has 1 saturated heterocycles. The fraction of sp³-hybridized carbons (Fsp3) is 0.571. The Morgan fingerprint density at radius 2 is 2.00 bits per heavy atom. The zero-order valence-corrected chi connectivity index (χ0v) is 10.3. The van der Waals surface area contributed by atoms with Crippen molar-refractivity contribution in [1.29, 1.82) is 0 Å². The molecule has 0 radical (unpaired) electrons. The highest BCUT2D eigenvalue weighted by Gasteiger charge is 2.30. The molecular weight excluding hydrogens is 196 g/mol. The van der Waals surface area contributed by atoms with Crippen LogP contribution in [0.2, 0.25) is 0 Å². The summed E-state index contributed by atoms with van der Waals surface area (Å²) in [5, 5.41) is 0. The summed E-state index contributed by atoms with van der Waals surface area (Å²) < 4.78 is 0. The van der Waals surface area contributed by atoms with E-state index in [2.05, 4.69) is 30.9 Å². The van der Waals surface area contributed by atoms with Gasteiger partial charge in [-0.05, 0) is 50.6 Å². The van der Waals surface area contributed by atoms with Crippen LogP contribution in [0.15, 0.2) is 24.3 Å². The fourth-order valence-corrected chi connectivity index (χ4v) is 2.80. The molecule has 16 heavy (non-hydrogen) atoms. The first-order chi connectivity index (χ1) is 7.72. The minimum atomic E-state index is 0.670. The van der Waals surface area contributed by atoms with E-state index in [4.69, 9.17) is 5.73 Å². The highest BCUT2D eigenvalue weighted by molar-refractivity contribution is 5.40. The first kappa shape index (κ1) is 11.5. The average Bonchev–Trinajstić information content (AvgIpc) is 2.63. The predicted molar refractivity (Wildman–Crippen MR) is 69.5 cm³/mol. The molecule has 2 N–H and O–H groups in total. The number of hydrogen-bond acceptors (Lipinski definition) is 2. The molecule has 1 heterocycles. The molecule has 0 saturated carbocycles. The third kappa shape index (κ3) is 2.22. The monoisotopic (exact) mass is 218 g/mol. The standard InChI is InChI=1S/C14H22N2/c1-3-9-16-10-8-14(11(16)2)12-4-6-13(15)7-5-12/h4-7,11,14H,3,8-10,15H2,1-2H3/t11-,14-/m1/s1. The Morgan fingerprint density at radius 1 is 1.31 bits per heavy atom. The highest BCUT2D eigenvalue weighted by Crippen LogP contribution is 2.33. The molecule has 1 fully saturated rings. The third-order valence-electron chi connectivity index (χ3n) is 3.76. The van der Waals surface area contributed by atoms with Gasteiger partial charge in [-0.15, -0.1) is 0 Å². The van der Waals surface area contributed by atoms with Crippen molar-refractivity contribution in [3.63, 3.8) is 0 Å². The summed E-state index contributed by atoms with van der Waals surface area (Å²) in [4.78, 5) is 2.60. The van der Waals surface area contributed by atoms with Gasteiger partial charge in [-0.25, -0.2) is 0 Å². The van der Waals surface area contributed by atoms with Crippen molar-refractivity contribution in [2.75, 3.05) is 18.8 Å². The fourth-order valence-electron chi connectivity index (χ4n) is 2.80. The number of rotatable bonds is 3. The van der Waals surface area contributed by atoms with Crippen LogP contribution in [0.5, 0.6) is 0 Å². The summed E-state index contributed by atoms with van der Waals surface area (Å²) in [5.41, 5.74) is 8.03. The van der Waals surface area contributed by atoms with Crippen LogP contribution in [0, 0.1) is 0 Å². The van der Waals surface area contributed by atoms with Crippen molar-refractivity contribution < 1.29 is 0 Å². The number of nitrogen functional groups attached to an aromatic ring is 1. The van der Waals surface area contributed by atoms with Gasteiger partial charge < -0.3 is 10.6 Å². The van der Waals surface area contributed by atoms with Crippen LogP contribution in [0.1, 0.15) is 38.2 Å². The summed E-state index contributed by atoms with van der Waals surface area (Å²) in [7, 11) is 0. The minimum absolute atomic E-state index is 0.670. The van der Waals surface area contributed by atoms with Gasteiger partial charge in [0.25, 0.3) is 0 Å². The molecule has 1 aromatic carbocycles. The lowest BCUT2D eigenvalue weighted by Gasteiger charge is -2.24. The Hall–Kier alpha value is -1.02. The van der Waals surface area contributed by atoms with Gasteiger partial charge in [0.2, 0.25) is 0 Å². The van der Waals surface area contributed by atoms with Crippen LogP contribution < -0.4 is 5.73 Å². The number of hydrogen-bond donors (Lipinski definition) is 1. The molecule has 0 spiro atoms. The summed E-state index contributed by atoms with van der Waals surface area (Å²) in [6, 6.07) is 9.08. The Morgan fingerprint density at radius 3 is 2.62 bits per heavy atom. The SMILES string of the molecule is CCCN1CC[C@@H](c2ccc(N)cc2)[C@H]1C. The molecule has 0 aliphatic carbocycles. The molecule has 1 aliphatic rings. The third-order valence-corrected chi connectivity index (χ3v) is 3.76. The maximum absolute atomic E-state index is 5.72. The second kappa shape index (κ2) is 4.88. The van der Waals surface area contributed by atoms with Crippen LogP contribution in [-0.4, -0.2) is 24.0 Å². The summed E-state index contributed by atoms with van der Waals surface area (Å²) in [6.45, 7) is 7.07. The summed E-state index contributed by atoms with van der Waals surface area (Å²) in [6.07, 6.45) is 2.53. The molecule has 2 rings (SSSR count). The van der Waals surface area contributed by atoms with Gasteiger partial charge in [0, 0.05) is 17.6 Å². The lowest BCUT2D eigenvalue weighted by atomic mass is 9.92. The van der Waals surface area contributed by atoms with Gasteiger partial charge in [-0.1, -0.05) is 19.1 Å². The van der Waals surface area contributed by atoms with Crippen LogP contribution in [0.25, 0.3) is 0 Å². The van der Waals surface area contributed by atoms with Crippen LogP contribution in [-0.2, 0) is 0 Å². The molecule has 2 atom stereocenters. The van der Waals surface area contributed by atoms with Crippen molar-refractivity contribution in [3.8, 4) is 0 Å². The predicted octanol–water partition coefficient (Wildman–Crippen LogP) is 2.86. The van der Waals surface area contributed by atoms with Gasteiger partial charge in [-0.2, -0.15) is 0 Å². The van der Waals surface area contributed by atoms with E-state index in [1.165, 1.54) is 31.5 Å². The number of likely N-dealkylation sites (tertiary alicyclic amines) is 1. The van der Waals surface area contributed by atoms with E-state index in [9.17, 15) is 0 Å². The van der Waals surface area contributed by atoms with E-state index in [-0.39, 0.29) is 0 Å². The molecular formula is C14H22N2. The molecule has 2 nitrogen and oxygen atoms in total. The van der Waals surface area contributed by atoms with Crippen molar-refractivity contribution in [3.05, 3.63) is 29.8 Å². The topological polar surface area (TPSA) is 29.3 Å². The smallest absolute Gasteiger partial charge is 0.0314 e. The highest BCUT2D eigenvalue weighted by atomic mass is 15.2. The number of benzene rings is 1. The molecule has 0 aromatic heterocycles. The van der Waals surface area contributed by atoms with Gasteiger partial charge in [0.1, 0.15) is 0 Å². The number of nitrogens with two attached hydrogens (primary N) is 1. The number of nitrogens with zero attached hydrogens (tertiary/aromatic N) is 1. The first-order valence-corrected chi connectivity index (χ1v) is 6.32. The van der Waals surface area contributed by atoms with E-state index in [1.54, 1.807) is 0 Å². The molecule has 1 aromatic rings. The van der Waals surface area contributed by atoms with Gasteiger partial charge in [0.05, 0.1) is 0 Å². The Labute approximate surface area is 98.4 Å². The first-order valence-electron chi connectivity index (χ1n) is 6.32. The van der Waals surface area contributed by atoms with E-state index in [0.717, 1.165) is 5.69 Å². The molecule has 2 heteroatoms. The summed E-state index contributed by atoms with van der Waals surface area (Å²) >= 11 is 0. The zero-order chi connectivity index (χ0) is 11.5. The maximum atomic E-state index is 5.72. The van der Waals surface area contributed by atoms with Crippen molar-refractivity contribution in [2.24, 2.45) is 0 Å². The van der Waals surface area contributed by atoms with Gasteiger partial charge in [-0.3, -0.25) is 0 Å². The molecule has 0 bridgehead atoms. The Kier molecular flexibility index (Phi) is 3.49. The van der Waals surface area contributed by atoms with Gasteiger partial charge >= 0.3 is 0 Å². The molecule has 0 unspecified atom stereocenters. The van der Waals surface area contributed by atoms with E-state index in [0.29, 0.717) is 12.0 Å². The van der Waals surface area contributed by atoms with Crippen LogP contribution in [0.4, 0.5) is 5.69 Å². The average molecular weight is 218 g/mol. The summed E-state index contributed by atoms with van der Waals surface area (Å²) in [5.74, 6) is 0.687. The second-order valence-corrected chi connectivity index (χ2v) is 4.84. The normalized spacial score (nSPS) is 26.1. The quantitative estimate of drug-likeness (QED) is 0.790. The second-order valence-electron chi connectivity index (χ2n) is 4.84. The Bertz CT molecular complexity index is 331. The Balaban J connectivity index is 2.08. The zero-order valence-electron chi connectivity index (χ0n) is 10.3. The van der Waals surface area contributed by atoms with Crippen molar-refractivity contribution in [2.45, 2.75) is 38.6 Å². The van der Waals surface area contributed by atoms with Gasteiger partial charge in [0.15, 0.2) is 0 Å². The molecule has 1 aliphatic heterocycles. The van der Waals surface area contributed by atoms with Crippen LogP contribution >= 0.6 is 0 Å². The van der Waals surface area contributed by atoms with Crippen molar-refractivity contribution in [1.82, 2.24) is 4.90 Å². The largest absolute Gasteiger partial charge is 0.399 e. The van der Waals surface area contributed by atoms with E-state index < -0.39 is 0 Å². The van der Waals surface area contributed by atoms with E-state index >= 15 is 0 Å². The lowest BCUT2D eigenvalue weighted by Crippen LogP contribution is -2.30. The van der Waals surface area contributed by atoms with Crippen molar-refractivity contribution >= 4 is 5.69 Å². The molecule has 0 amide bonds. The minimum Gasteiger partial charge on any atom is -0.399 e. The molecule has 88 valence electrons. The lowest BCUT2D eigenvalue weighted by molar-refractivity contribution is 0.260. The van der Waals surface area contributed by atoms with Crippen LogP contribution in [0.3, 0.4) is 0 Å². The number of anilines is 1. The maximum Gasteiger partial charge on any atom is 0.0314 e. The van der Waals surface area contributed by atoms with E-state index in [1.807, 2.05) is 12.1 Å².